The Labute approximate surface area is 125 Å². The molecule has 112 valence electrons. The van der Waals surface area contributed by atoms with E-state index >= 15 is 0 Å². The highest BCUT2D eigenvalue weighted by Crippen LogP contribution is 2.23. The number of halogens is 1. The molecular weight excluding hydrogens is 300 g/mol. The fraction of sp³-hybridized carbons (Fsp3) is 0.462. The average Bonchev–Trinajstić information content (AvgIpc) is 2.40. The molecule has 0 fully saturated rings. The third-order valence-electron chi connectivity index (χ3n) is 2.86. The summed E-state index contributed by atoms with van der Waals surface area (Å²) in [6.45, 7) is 6.50. The van der Waals surface area contributed by atoms with Gasteiger partial charge in [-0.2, -0.15) is 4.31 Å². The van der Waals surface area contributed by atoms with E-state index in [1.807, 2.05) is 0 Å². The van der Waals surface area contributed by atoms with E-state index in [-0.39, 0.29) is 21.4 Å². The molecule has 1 rings (SSSR count). The minimum Gasteiger partial charge on any atom is -0.352 e. The van der Waals surface area contributed by atoms with Crippen LogP contribution >= 0.6 is 11.6 Å². The van der Waals surface area contributed by atoms with Gasteiger partial charge in [0.2, 0.25) is 10.0 Å². The van der Waals surface area contributed by atoms with Gasteiger partial charge in [0, 0.05) is 19.6 Å². The van der Waals surface area contributed by atoms with Crippen LogP contribution in [0.2, 0.25) is 5.02 Å². The highest BCUT2D eigenvalue weighted by Gasteiger charge is 2.23. The van der Waals surface area contributed by atoms with Crippen LogP contribution in [-0.4, -0.2) is 38.3 Å². The summed E-state index contributed by atoms with van der Waals surface area (Å²) in [6, 6.07) is 4.17. The number of hydrogen-bond donors (Lipinski definition) is 1. The first kappa shape index (κ1) is 16.9. The average molecular weight is 319 g/mol. The van der Waals surface area contributed by atoms with Crippen LogP contribution < -0.4 is 5.32 Å². The van der Waals surface area contributed by atoms with Gasteiger partial charge in [0.05, 0.1) is 15.5 Å². The lowest BCUT2D eigenvalue weighted by atomic mass is 10.2. The van der Waals surface area contributed by atoms with Gasteiger partial charge in [-0.05, 0) is 25.1 Å². The Morgan fingerprint density at radius 2 is 1.85 bits per heavy atom. The van der Waals surface area contributed by atoms with Crippen molar-refractivity contribution < 1.29 is 13.2 Å². The highest BCUT2D eigenvalue weighted by atomic mass is 35.5. The molecule has 1 aromatic carbocycles. The number of benzene rings is 1. The number of sulfonamides is 1. The van der Waals surface area contributed by atoms with Crippen molar-refractivity contribution in [2.24, 2.45) is 0 Å². The van der Waals surface area contributed by atoms with Crippen LogP contribution in [0.1, 0.15) is 31.1 Å². The zero-order chi connectivity index (χ0) is 15.3. The molecule has 0 aliphatic rings. The van der Waals surface area contributed by atoms with Gasteiger partial charge in [0.1, 0.15) is 0 Å². The first-order chi connectivity index (χ1) is 9.38. The second-order valence-electron chi connectivity index (χ2n) is 4.09. The molecule has 5 nitrogen and oxygen atoms in total. The summed E-state index contributed by atoms with van der Waals surface area (Å²) in [6.07, 6.45) is 0. The Morgan fingerprint density at radius 3 is 2.35 bits per heavy atom. The molecule has 0 radical (unpaired) electrons. The van der Waals surface area contributed by atoms with E-state index in [0.29, 0.717) is 19.6 Å². The number of carbonyl (C=O) groups excluding carboxylic acids is 1. The summed E-state index contributed by atoms with van der Waals surface area (Å²) in [5.74, 6) is -0.380. The molecule has 0 aromatic heterocycles. The Kier molecular flexibility index (Phi) is 5.98. The van der Waals surface area contributed by atoms with Crippen LogP contribution in [0.15, 0.2) is 23.1 Å². The van der Waals surface area contributed by atoms with Gasteiger partial charge in [-0.1, -0.05) is 25.4 Å². The molecule has 0 saturated heterocycles. The number of rotatable bonds is 6. The molecule has 0 aliphatic heterocycles. The van der Waals surface area contributed by atoms with Crippen LogP contribution in [0.3, 0.4) is 0 Å². The van der Waals surface area contributed by atoms with E-state index in [4.69, 9.17) is 11.6 Å². The number of amides is 1. The molecule has 0 aliphatic carbocycles. The molecule has 0 atom stereocenters. The van der Waals surface area contributed by atoms with Crippen LogP contribution in [0.25, 0.3) is 0 Å². The number of carbonyl (C=O) groups is 1. The van der Waals surface area contributed by atoms with Crippen LogP contribution in [0, 0.1) is 0 Å². The van der Waals surface area contributed by atoms with Crippen molar-refractivity contribution in [1.82, 2.24) is 9.62 Å². The molecule has 1 amide bonds. The summed E-state index contributed by atoms with van der Waals surface area (Å²) >= 11 is 5.95. The second kappa shape index (κ2) is 7.06. The molecule has 20 heavy (non-hydrogen) atoms. The molecule has 7 heteroatoms. The first-order valence-corrected chi connectivity index (χ1v) is 8.28. The molecule has 0 saturated carbocycles. The van der Waals surface area contributed by atoms with Gasteiger partial charge in [-0.3, -0.25) is 4.79 Å². The maximum Gasteiger partial charge on any atom is 0.252 e. The quantitative estimate of drug-likeness (QED) is 0.873. The Balaban J connectivity index is 3.28. The number of nitrogens with zero attached hydrogens (tertiary/aromatic N) is 1. The van der Waals surface area contributed by atoms with Crippen LogP contribution in [-0.2, 0) is 10.0 Å². The molecule has 0 spiro atoms. The maximum atomic E-state index is 12.4. The lowest BCUT2D eigenvalue weighted by molar-refractivity contribution is 0.0956. The van der Waals surface area contributed by atoms with E-state index in [9.17, 15) is 13.2 Å². The minimum absolute atomic E-state index is 0.0758. The predicted molar refractivity (Wildman–Crippen MR) is 79.6 cm³/mol. The maximum absolute atomic E-state index is 12.4. The van der Waals surface area contributed by atoms with Crippen LogP contribution in [0.5, 0.6) is 0 Å². The second-order valence-corrected chi connectivity index (χ2v) is 6.44. The van der Waals surface area contributed by atoms with Gasteiger partial charge in [-0.25, -0.2) is 8.42 Å². The van der Waals surface area contributed by atoms with Crippen molar-refractivity contribution in [2.75, 3.05) is 19.6 Å². The van der Waals surface area contributed by atoms with Crippen molar-refractivity contribution in [3.05, 3.63) is 28.8 Å². The fourth-order valence-electron chi connectivity index (χ4n) is 1.81. The van der Waals surface area contributed by atoms with Gasteiger partial charge in [-0.15, -0.1) is 0 Å². The van der Waals surface area contributed by atoms with Crippen molar-refractivity contribution in [2.45, 2.75) is 25.7 Å². The van der Waals surface area contributed by atoms with E-state index in [1.165, 1.54) is 22.5 Å². The number of hydrogen-bond acceptors (Lipinski definition) is 3. The predicted octanol–water partition coefficient (Wildman–Crippen LogP) is 2.12. The Bertz CT molecular complexity index is 583. The molecule has 0 heterocycles. The van der Waals surface area contributed by atoms with Crippen molar-refractivity contribution in [3.8, 4) is 0 Å². The topological polar surface area (TPSA) is 66.5 Å². The monoisotopic (exact) mass is 318 g/mol. The lowest BCUT2D eigenvalue weighted by Crippen LogP contribution is -2.31. The highest BCUT2D eigenvalue weighted by molar-refractivity contribution is 7.89. The Morgan fingerprint density at radius 1 is 1.25 bits per heavy atom. The zero-order valence-electron chi connectivity index (χ0n) is 11.8. The van der Waals surface area contributed by atoms with E-state index in [0.717, 1.165) is 0 Å². The number of nitrogens with one attached hydrogen (secondary N) is 1. The first-order valence-electron chi connectivity index (χ1n) is 6.46. The molecule has 0 unspecified atom stereocenters. The SMILES string of the molecule is CCNC(=O)c1cc(S(=O)(=O)N(CC)CC)ccc1Cl. The summed E-state index contributed by atoms with van der Waals surface area (Å²) in [5, 5.41) is 2.84. The van der Waals surface area contributed by atoms with Gasteiger partial charge in [0.15, 0.2) is 0 Å². The van der Waals surface area contributed by atoms with Crippen LogP contribution in [0.4, 0.5) is 0 Å². The molecule has 0 bridgehead atoms. The zero-order valence-corrected chi connectivity index (χ0v) is 13.4. The van der Waals surface area contributed by atoms with Gasteiger partial charge >= 0.3 is 0 Å². The third kappa shape index (κ3) is 3.50. The minimum atomic E-state index is -3.59. The van der Waals surface area contributed by atoms with Crippen molar-refractivity contribution in [1.29, 1.82) is 0 Å². The van der Waals surface area contributed by atoms with Crippen molar-refractivity contribution >= 4 is 27.5 Å². The lowest BCUT2D eigenvalue weighted by Gasteiger charge is -2.19. The summed E-state index contributed by atoms with van der Waals surface area (Å²) < 4.78 is 26.1. The van der Waals surface area contributed by atoms with Gasteiger partial charge in [0.25, 0.3) is 5.91 Å². The largest absolute Gasteiger partial charge is 0.352 e. The van der Waals surface area contributed by atoms with Crippen molar-refractivity contribution in [3.63, 3.8) is 0 Å². The molecular formula is C13H19ClN2O3S. The fourth-order valence-corrected chi connectivity index (χ4v) is 3.50. The molecule has 1 aromatic rings. The van der Waals surface area contributed by atoms with E-state index < -0.39 is 10.0 Å². The van der Waals surface area contributed by atoms with E-state index in [1.54, 1.807) is 20.8 Å². The smallest absolute Gasteiger partial charge is 0.252 e. The standard InChI is InChI=1S/C13H19ClN2O3S/c1-4-15-13(17)11-9-10(7-8-12(11)14)20(18,19)16(5-2)6-3/h7-9H,4-6H2,1-3H3,(H,15,17). The normalized spacial score (nSPS) is 11.7. The van der Waals surface area contributed by atoms with E-state index in [2.05, 4.69) is 5.32 Å². The van der Waals surface area contributed by atoms with Gasteiger partial charge < -0.3 is 5.32 Å². The molecule has 1 N–H and O–H groups in total. The summed E-state index contributed by atoms with van der Waals surface area (Å²) in [5.41, 5.74) is 0.168. The third-order valence-corrected chi connectivity index (χ3v) is 5.24. The summed E-state index contributed by atoms with van der Waals surface area (Å²) in [4.78, 5) is 11.9. The summed E-state index contributed by atoms with van der Waals surface area (Å²) in [7, 11) is -3.59. The Hall–Kier alpha value is -1.11.